The van der Waals surface area contributed by atoms with Crippen LogP contribution in [0.1, 0.15) is 26.3 Å². The minimum Gasteiger partial charge on any atom is -0.484 e. The van der Waals surface area contributed by atoms with Crippen molar-refractivity contribution in [3.63, 3.8) is 0 Å². The Labute approximate surface area is 135 Å². The number of ether oxygens (including phenoxy) is 1. The first-order valence-electron chi connectivity index (χ1n) is 7.47. The predicted molar refractivity (Wildman–Crippen MR) is 85.6 cm³/mol. The van der Waals surface area contributed by atoms with Crippen LogP contribution in [0.3, 0.4) is 0 Å². The maximum atomic E-state index is 12.2. The van der Waals surface area contributed by atoms with Crippen molar-refractivity contribution in [2.75, 3.05) is 13.7 Å². The van der Waals surface area contributed by atoms with Crippen LogP contribution in [-0.2, 0) is 6.54 Å². The van der Waals surface area contributed by atoms with Crippen LogP contribution in [0.4, 0.5) is 13.2 Å². The zero-order chi connectivity index (χ0) is 17.5. The Balaban J connectivity index is 2.57. The fraction of sp³-hybridized carbons (Fsp3) is 0.562. The van der Waals surface area contributed by atoms with Gasteiger partial charge in [-0.2, -0.15) is 13.2 Å². The first kappa shape index (κ1) is 19.1. The van der Waals surface area contributed by atoms with E-state index in [1.807, 2.05) is 6.07 Å². The number of hydrogen-bond acceptors (Lipinski definition) is 2. The zero-order valence-electron chi connectivity index (χ0n) is 13.9. The van der Waals surface area contributed by atoms with Gasteiger partial charge in [0.25, 0.3) is 0 Å². The van der Waals surface area contributed by atoms with E-state index >= 15 is 0 Å². The molecule has 0 heterocycles. The highest BCUT2D eigenvalue weighted by atomic mass is 19.4. The van der Waals surface area contributed by atoms with E-state index in [9.17, 15) is 13.2 Å². The lowest BCUT2D eigenvalue weighted by atomic mass is 10.1. The van der Waals surface area contributed by atoms with Crippen molar-refractivity contribution in [3.8, 4) is 5.75 Å². The minimum atomic E-state index is -4.34. The molecule has 1 atom stereocenters. The summed E-state index contributed by atoms with van der Waals surface area (Å²) in [7, 11) is 1.67. The molecule has 4 nitrogen and oxygen atoms in total. The van der Waals surface area contributed by atoms with Crippen LogP contribution in [-0.4, -0.2) is 31.8 Å². The van der Waals surface area contributed by atoms with Crippen LogP contribution in [0.2, 0.25) is 0 Å². The quantitative estimate of drug-likeness (QED) is 0.621. The molecule has 0 aliphatic rings. The number of aliphatic imine (C=N–C) groups is 1. The van der Waals surface area contributed by atoms with Gasteiger partial charge in [0, 0.05) is 19.6 Å². The Morgan fingerprint density at radius 2 is 1.96 bits per heavy atom. The van der Waals surface area contributed by atoms with Gasteiger partial charge in [0.2, 0.25) is 0 Å². The van der Waals surface area contributed by atoms with Gasteiger partial charge in [0.15, 0.2) is 12.6 Å². The standard InChI is InChI=1S/C16H24F3N3O/c1-11(2)12(3)22-15(20-4)21-9-13-6-5-7-14(8-13)23-10-16(17,18)19/h5-8,11-12H,9-10H2,1-4H3,(H2,20,21,22). The molecule has 2 N–H and O–H groups in total. The van der Waals surface area contributed by atoms with Crippen molar-refractivity contribution in [2.45, 2.75) is 39.5 Å². The topological polar surface area (TPSA) is 45.7 Å². The molecule has 0 fully saturated rings. The first-order valence-corrected chi connectivity index (χ1v) is 7.47. The summed E-state index contributed by atoms with van der Waals surface area (Å²) in [4.78, 5) is 4.13. The van der Waals surface area contributed by atoms with E-state index in [0.29, 0.717) is 18.4 Å². The van der Waals surface area contributed by atoms with Gasteiger partial charge in [0.05, 0.1) is 0 Å². The largest absolute Gasteiger partial charge is 0.484 e. The third kappa shape index (κ3) is 7.76. The normalized spacial score (nSPS) is 13.8. The number of benzene rings is 1. The molecule has 0 bridgehead atoms. The number of nitrogens with zero attached hydrogens (tertiary/aromatic N) is 1. The number of guanidine groups is 1. The second kappa shape index (κ2) is 8.64. The van der Waals surface area contributed by atoms with Crippen molar-refractivity contribution in [3.05, 3.63) is 29.8 Å². The van der Waals surface area contributed by atoms with Crippen molar-refractivity contribution >= 4 is 5.96 Å². The van der Waals surface area contributed by atoms with Crippen molar-refractivity contribution < 1.29 is 17.9 Å². The van der Waals surface area contributed by atoms with Crippen LogP contribution in [0.25, 0.3) is 0 Å². The van der Waals surface area contributed by atoms with Gasteiger partial charge in [0.1, 0.15) is 5.75 Å². The van der Waals surface area contributed by atoms with Crippen LogP contribution >= 0.6 is 0 Å². The number of nitrogens with one attached hydrogen (secondary N) is 2. The van der Waals surface area contributed by atoms with Crippen molar-refractivity contribution in [2.24, 2.45) is 10.9 Å². The zero-order valence-corrected chi connectivity index (χ0v) is 13.9. The van der Waals surface area contributed by atoms with E-state index in [0.717, 1.165) is 5.56 Å². The summed E-state index contributed by atoms with van der Waals surface area (Å²) >= 11 is 0. The molecular weight excluding hydrogens is 307 g/mol. The summed E-state index contributed by atoms with van der Waals surface area (Å²) < 4.78 is 41.2. The molecule has 1 aromatic rings. The molecule has 0 amide bonds. The lowest BCUT2D eigenvalue weighted by molar-refractivity contribution is -0.153. The molecule has 7 heteroatoms. The third-order valence-electron chi connectivity index (χ3n) is 3.35. The van der Waals surface area contributed by atoms with Gasteiger partial charge in [-0.05, 0) is 30.5 Å². The number of hydrogen-bond donors (Lipinski definition) is 2. The smallest absolute Gasteiger partial charge is 0.422 e. The number of rotatable bonds is 6. The van der Waals surface area contributed by atoms with Crippen molar-refractivity contribution in [1.82, 2.24) is 10.6 Å². The Kier molecular flexibility index (Phi) is 7.19. The van der Waals surface area contributed by atoms with Gasteiger partial charge in [-0.3, -0.25) is 4.99 Å². The highest BCUT2D eigenvalue weighted by Gasteiger charge is 2.28. The Morgan fingerprint density at radius 3 is 2.52 bits per heavy atom. The molecule has 0 radical (unpaired) electrons. The molecule has 23 heavy (non-hydrogen) atoms. The predicted octanol–water partition coefficient (Wildman–Crippen LogP) is 3.34. The summed E-state index contributed by atoms with van der Waals surface area (Å²) in [5.41, 5.74) is 0.810. The second-order valence-corrected chi connectivity index (χ2v) is 5.65. The van der Waals surface area contributed by atoms with Crippen LogP contribution in [0, 0.1) is 5.92 Å². The molecule has 0 aliphatic heterocycles. The SMILES string of the molecule is CN=C(NCc1cccc(OCC(F)(F)F)c1)NC(C)C(C)C. The van der Waals surface area contributed by atoms with E-state index in [-0.39, 0.29) is 11.8 Å². The lowest BCUT2D eigenvalue weighted by Gasteiger charge is -2.20. The van der Waals surface area contributed by atoms with Gasteiger partial charge >= 0.3 is 6.18 Å². The van der Waals surface area contributed by atoms with Crippen molar-refractivity contribution in [1.29, 1.82) is 0 Å². The average molecular weight is 331 g/mol. The molecule has 130 valence electrons. The van der Waals surface area contributed by atoms with Gasteiger partial charge < -0.3 is 15.4 Å². The highest BCUT2D eigenvalue weighted by Crippen LogP contribution is 2.19. The molecule has 0 spiro atoms. The van der Waals surface area contributed by atoms with E-state index in [4.69, 9.17) is 4.74 Å². The highest BCUT2D eigenvalue weighted by molar-refractivity contribution is 5.79. The van der Waals surface area contributed by atoms with Gasteiger partial charge in [-0.15, -0.1) is 0 Å². The number of alkyl halides is 3. The monoisotopic (exact) mass is 331 g/mol. The number of halogens is 3. The Hall–Kier alpha value is -1.92. The summed E-state index contributed by atoms with van der Waals surface area (Å²) in [5.74, 6) is 1.29. The van der Waals surface area contributed by atoms with Gasteiger partial charge in [-0.25, -0.2) is 0 Å². The molecule has 0 aliphatic carbocycles. The lowest BCUT2D eigenvalue weighted by Crippen LogP contribution is -2.43. The average Bonchev–Trinajstić information content (AvgIpc) is 2.48. The van der Waals surface area contributed by atoms with Crippen LogP contribution < -0.4 is 15.4 Å². The Morgan fingerprint density at radius 1 is 1.26 bits per heavy atom. The van der Waals surface area contributed by atoms with E-state index in [1.165, 1.54) is 6.07 Å². The summed E-state index contributed by atoms with van der Waals surface area (Å²) in [6, 6.07) is 6.81. The summed E-state index contributed by atoms with van der Waals surface area (Å²) in [6.07, 6.45) is -4.34. The third-order valence-corrected chi connectivity index (χ3v) is 3.35. The summed E-state index contributed by atoms with van der Waals surface area (Å²) in [5, 5.41) is 6.39. The van der Waals surface area contributed by atoms with E-state index in [1.54, 1.807) is 19.2 Å². The first-order chi connectivity index (χ1) is 10.7. The molecule has 1 unspecified atom stereocenters. The fourth-order valence-electron chi connectivity index (χ4n) is 1.67. The molecule has 0 aromatic heterocycles. The molecule has 0 saturated carbocycles. The second-order valence-electron chi connectivity index (χ2n) is 5.65. The molecule has 0 saturated heterocycles. The van der Waals surface area contributed by atoms with E-state index < -0.39 is 12.8 Å². The van der Waals surface area contributed by atoms with Gasteiger partial charge in [-0.1, -0.05) is 26.0 Å². The Bertz CT molecular complexity index is 516. The summed E-state index contributed by atoms with van der Waals surface area (Å²) in [6.45, 7) is 5.41. The maximum absolute atomic E-state index is 12.2. The maximum Gasteiger partial charge on any atom is 0.422 e. The van der Waals surface area contributed by atoms with Crippen LogP contribution in [0.15, 0.2) is 29.3 Å². The molecule has 1 rings (SSSR count). The molecular formula is C16H24F3N3O. The van der Waals surface area contributed by atoms with Crippen LogP contribution in [0.5, 0.6) is 5.75 Å². The molecule has 1 aromatic carbocycles. The van der Waals surface area contributed by atoms with E-state index in [2.05, 4.69) is 36.4 Å². The minimum absolute atomic E-state index is 0.195. The fourth-order valence-corrected chi connectivity index (χ4v) is 1.67.